The summed E-state index contributed by atoms with van der Waals surface area (Å²) in [5.74, 6) is 0.396. The Morgan fingerprint density at radius 3 is 2.75 bits per heavy atom. The Bertz CT molecular complexity index is 497. The molecular weight excluding hydrogens is 202 g/mol. The molecule has 80 valence electrons. The largest absolute Gasteiger partial charge is 0.383 e. The normalized spacial score (nSPS) is 10.0. The van der Waals surface area contributed by atoms with Crippen LogP contribution in [0.5, 0.6) is 0 Å². The Hall–Kier alpha value is -2.23. The third-order valence-corrected chi connectivity index (χ3v) is 2.26. The molecule has 0 unspecified atom stereocenters. The maximum Gasteiger partial charge on any atom is 0.168 e. The maximum absolute atomic E-state index is 11.8. The van der Waals surface area contributed by atoms with Gasteiger partial charge in [-0.15, -0.1) is 0 Å². The van der Waals surface area contributed by atoms with Crippen LogP contribution in [0.15, 0.2) is 42.9 Å². The maximum atomic E-state index is 11.8. The quantitative estimate of drug-likeness (QED) is 0.784. The number of anilines is 1. The zero-order valence-corrected chi connectivity index (χ0v) is 8.63. The van der Waals surface area contributed by atoms with Crippen LogP contribution in [-0.2, 0) is 6.42 Å². The van der Waals surface area contributed by atoms with Crippen molar-refractivity contribution in [3.8, 4) is 0 Å². The summed E-state index contributed by atoms with van der Waals surface area (Å²) in [7, 11) is 0. The molecule has 2 aromatic rings. The molecule has 0 bridgehead atoms. The fourth-order valence-corrected chi connectivity index (χ4v) is 1.40. The van der Waals surface area contributed by atoms with Gasteiger partial charge in [0, 0.05) is 36.1 Å². The first-order valence-corrected chi connectivity index (χ1v) is 4.90. The number of carbonyl (C=O) groups excluding carboxylic acids is 1. The van der Waals surface area contributed by atoms with Gasteiger partial charge in [0.2, 0.25) is 0 Å². The predicted molar refractivity (Wildman–Crippen MR) is 60.9 cm³/mol. The van der Waals surface area contributed by atoms with Gasteiger partial charge in [-0.05, 0) is 18.2 Å². The van der Waals surface area contributed by atoms with Crippen molar-refractivity contribution in [3.63, 3.8) is 0 Å². The van der Waals surface area contributed by atoms with Crippen LogP contribution < -0.4 is 5.73 Å². The number of pyridine rings is 2. The number of nitrogens with two attached hydrogens (primary N) is 1. The number of ketones is 1. The number of nitrogens with zero attached hydrogens (tertiary/aromatic N) is 2. The first kappa shape index (κ1) is 10.3. The zero-order valence-electron chi connectivity index (χ0n) is 8.63. The van der Waals surface area contributed by atoms with Gasteiger partial charge >= 0.3 is 0 Å². The molecule has 0 aliphatic heterocycles. The number of carbonyl (C=O) groups is 1. The average Bonchev–Trinajstić information content (AvgIpc) is 2.33. The van der Waals surface area contributed by atoms with E-state index in [4.69, 9.17) is 5.73 Å². The Labute approximate surface area is 93.2 Å². The second-order valence-corrected chi connectivity index (χ2v) is 3.39. The van der Waals surface area contributed by atoms with Gasteiger partial charge in [-0.2, -0.15) is 0 Å². The van der Waals surface area contributed by atoms with E-state index >= 15 is 0 Å². The van der Waals surface area contributed by atoms with Gasteiger partial charge < -0.3 is 5.73 Å². The molecule has 0 atom stereocenters. The van der Waals surface area contributed by atoms with E-state index in [9.17, 15) is 4.79 Å². The molecule has 0 saturated heterocycles. The van der Waals surface area contributed by atoms with Crippen LogP contribution in [0.2, 0.25) is 0 Å². The number of aromatic nitrogens is 2. The lowest BCUT2D eigenvalue weighted by atomic mass is 10.1. The molecular formula is C12H11N3O. The van der Waals surface area contributed by atoms with E-state index in [-0.39, 0.29) is 12.2 Å². The second kappa shape index (κ2) is 4.53. The van der Waals surface area contributed by atoms with Gasteiger partial charge in [0.1, 0.15) is 5.82 Å². The molecule has 2 rings (SSSR count). The van der Waals surface area contributed by atoms with Crippen molar-refractivity contribution in [3.05, 3.63) is 54.0 Å². The first-order chi connectivity index (χ1) is 7.77. The van der Waals surface area contributed by atoms with Crippen LogP contribution in [0.3, 0.4) is 0 Å². The fraction of sp³-hybridized carbons (Fsp3) is 0.0833. The van der Waals surface area contributed by atoms with Crippen molar-refractivity contribution in [2.24, 2.45) is 0 Å². The zero-order chi connectivity index (χ0) is 11.4. The van der Waals surface area contributed by atoms with Gasteiger partial charge in [-0.3, -0.25) is 9.78 Å². The van der Waals surface area contributed by atoms with Gasteiger partial charge in [0.15, 0.2) is 5.78 Å². The Kier molecular flexibility index (Phi) is 2.91. The van der Waals surface area contributed by atoms with Gasteiger partial charge in [0.25, 0.3) is 0 Å². The summed E-state index contributed by atoms with van der Waals surface area (Å²) in [6.07, 6.45) is 5.04. The number of hydrogen-bond donors (Lipinski definition) is 1. The molecule has 16 heavy (non-hydrogen) atoms. The van der Waals surface area contributed by atoms with Crippen LogP contribution in [-0.4, -0.2) is 15.8 Å². The van der Waals surface area contributed by atoms with Crippen LogP contribution in [0.25, 0.3) is 0 Å². The molecule has 4 nitrogen and oxygen atoms in total. The summed E-state index contributed by atoms with van der Waals surface area (Å²) >= 11 is 0. The first-order valence-electron chi connectivity index (χ1n) is 4.90. The van der Waals surface area contributed by atoms with Crippen LogP contribution >= 0.6 is 0 Å². The molecule has 0 amide bonds. The predicted octanol–water partition coefficient (Wildman–Crippen LogP) is 1.48. The van der Waals surface area contributed by atoms with E-state index in [1.165, 1.54) is 0 Å². The average molecular weight is 213 g/mol. The molecule has 0 aliphatic rings. The lowest BCUT2D eigenvalue weighted by Crippen LogP contribution is -2.06. The topological polar surface area (TPSA) is 68.9 Å². The van der Waals surface area contributed by atoms with E-state index in [2.05, 4.69) is 9.97 Å². The highest BCUT2D eigenvalue weighted by molar-refractivity contribution is 5.97. The van der Waals surface area contributed by atoms with Crippen molar-refractivity contribution in [1.29, 1.82) is 0 Å². The molecule has 0 radical (unpaired) electrons. The minimum absolute atomic E-state index is 0.00667. The molecule has 4 heteroatoms. The highest BCUT2D eigenvalue weighted by Crippen LogP contribution is 2.11. The molecule has 0 fully saturated rings. The monoisotopic (exact) mass is 213 g/mol. The second-order valence-electron chi connectivity index (χ2n) is 3.39. The number of nitrogen functional groups attached to an aromatic ring is 1. The third-order valence-electron chi connectivity index (χ3n) is 2.26. The molecule has 0 spiro atoms. The summed E-state index contributed by atoms with van der Waals surface area (Å²) in [5.41, 5.74) is 7.00. The lowest BCUT2D eigenvalue weighted by Gasteiger charge is -2.03. The summed E-state index contributed by atoms with van der Waals surface area (Å²) in [6, 6.07) is 7.04. The SMILES string of the molecule is Nc1ncccc1CC(=O)c1cccnc1. The minimum Gasteiger partial charge on any atom is -0.383 e. The van der Waals surface area contributed by atoms with Crippen molar-refractivity contribution >= 4 is 11.6 Å². The summed E-state index contributed by atoms with van der Waals surface area (Å²) < 4.78 is 0. The highest BCUT2D eigenvalue weighted by atomic mass is 16.1. The Balaban J connectivity index is 2.18. The summed E-state index contributed by atoms with van der Waals surface area (Å²) in [5, 5.41) is 0. The summed E-state index contributed by atoms with van der Waals surface area (Å²) in [6.45, 7) is 0. The fourth-order valence-electron chi connectivity index (χ4n) is 1.40. The number of Topliss-reactive ketones (excluding diaryl/α,β-unsaturated/α-hetero) is 1. The van der Waals surface area contributed by atoms with Crippen LogP contribution in [0.1, 0.15) is 15.9 Å². The van der Waals surface area contributed by atoms with Gasteiger partial charge in [-0.1, -0.05) is 6.07 Å². The van der Waals surface area contributed by atoms with E-state index in [0.717, 1.165) is 5.56 Å². The highest BCUT2D eigenvalue weighted by Gasteiger charge is 2.09. The molecule has 2 aromatic heterocycles. The molecule has 0 aliphatic carbocycles. The third kappa shape index (κ3) is 2.23. The summed E-state index contributed by atoms with van der Waals surface area (Å²) in [4.78, 5) is 19.7. The van der Waals surface area contributed by atoms with Crippen molar-refractivity contribution in [2.75, 3.05) is 5.73 Å². The lowest BCUT2D eigenvalue weighted by molar-refractivity contribution is 0.0992. The van der Waals surface area contributed by atoms with E-state index in [1.54, 1.807) is 42.9 Å². The van der Waals surface area contributed by atoms with Crippen molar-refractivity contribution in [1.82, 2.24) is 9.97 Å². The van der Waals surface area contributed by atoms with E-state index in [1.807, 2.05) is 0 Å². The van der Waals surface area contributed by atoms with Crippen molar-refractivity contribution < 1.29 is 4.79 Å². The Morgan fingerprint density at radius 2 is 2.06 bits per heavy atom. The van der Waals surface area contributed by atoms with Crippen molar-refractivity contribution in [2.45, 2.75) is 6.42 Å². The van der Waals surface area contributed by atoms with Crippen LogP contribution in [0.4, 0.5) is 5.82 Å². The number of hydrogen-bond acceptors (Lipinski definition) is 4. The minimum atomic E-state index is -0.00667. The molecule has 0 aromatic carbocycles. The smallest absolute Gasteiger partial charge is 0.168 e. The standard InChI is InChI=1S/C12H11N3O/c13-12-9(3-2-6-15-12)7-11(16)10-4-1-5-14-8-10/h1-6,8H,7H2,(H2,13,15). The molecule has 2 N–H and O–H groups in total. The number of rotatable bonds is 3. The van der Waals surface area contributed by atoms with E-state index < -0.39 is 0 Å². The van der Waals surface area contributed by atoms with E-state index in [0.29, 0.717) is 11.4 Å². The molecule has 2 heterocycles. The molecule has 0 saturated carbocycles. The van der Waals surface area contributed by atoms with Crippen LogP contribution in [0, 0.1) is 0 Å². The van der Waals surface area contributed by atoms with Gasteiger partial charge in [-0.25, -0.2) is 4.98 Å². The Morgan fingerprint density at radius 1 is 1.25 bits per heavy atom. The van der Waals surface area contributed by atoms with Gasteiger partial charge in [0.05, 0.1) is 0 Å².